The maximum absolute atomic E-state index is 12.4. The summed E-state index contributed by atoms with van der Waals surface area (Å²) in [5.74, 6) is 1.59. The maximum Gasteiger partial charge on any atom is 0.257 e. The van der Waals surface area contributed by atoms with E-state index in [9.17, 15) is 8.78 Å². The Morgan fingerprint density at radius 1 is 1.42 bits per heavy atom. The number of methoxy groups -OCH3 is 1. The first kappa shape index (κ1) is 18.6. The Morgan fingerprint density at radius 3 is 2.71 bits per heavy atom. The van der Waals surface area contributed by atoms with Gasteiger partial charge in [0.1, 0.15) is 6.54 Å². The Balaban J connectivity index is 2.00. The van der Waals surface area contributed by atoms with Crippen molar-refractivity contribution in [3.05, 3.63) is 10.7 Å². The lowest BCUT2D eigenvalue weighted by Crippen LogP contribution is -2.53. The number of nitrogens with one attached hydrogen (secondary N) is 1. The fourth-order valence-electron chi connectivity index (χ4n) is 2.34. The molecule has 1 N–H and O–H groups in total. The van der Waals surface area contributed by atoms with Crippen molar-refractivity contribution in [3.63, 3.8) is 0 Å². The van der Waals surface area contributed by atoms with Crippen molar-refractivity contribution in [3.8, 4) is 5.88 Å². The van der Waals surface area contributed by atoms with E-state index in [1.54, 1.807) is 13.3 Å². The summed E-state index contributed by atoms with van der Waals surface area (Å²) in [6.45, 7) is 4.70. The number of aromatic nitrogens is 2. The molecule has 0 saturated carbocycles. The third-order valence-corrected chi connectivity index (χ3v) is 4.01. The first-order valence-electron chi connectivity index (χ1n) is 7.68. The summed E-state index contributed by atoms with van der Waals surface area (Å²) in [6, 6.07) is 0. The predicted molar refractivity (Wildman–Crippen MR) is 92.1 cm³/mol. The van der Waals surface area contributed by atoms with Crippen molar-refractivity contribution in [1.82, 2.24) is 20.2 Å². The van der Waals surface area contributed by atoms with Crippen LogP contribution in [0.1, 0.15) is 6.92 Å². The fraction of sp³-hybridized carbons (Fsp3) is 0.643. The standard InChI is InChI=1S/C14H21BrF2N6O/c1-3-18-13(20-9-11(16)17)22-4-6-23(7-5-22)14-19-8-10(15)12(21-14)24-2/h8,11H,3-7,9H2,1-2H3,(H,18,20). The van der Waals surface area contributed by atoms with Crippen LogP contribution in [0.25, 0.3) is 0 Å². The van der Waals surface area contributed by atoms with E-state index in [0.29, 0.717) is 55.0 Å². The van der Waals surface area contributed by atoms with Crippen LogP contribution in [-0.4, -0.2) is 73.6 Å². The van der Waals surface area contributed by atoms with Crippen molar-refractivity contribution in [2.45, 2.75) is 13.3 Å². The van der Waals surface area contributed by atoms with Gasteiger partial charge >= 0.3 is 0 Å². The van der Waals surface area contributed by atoms with Crippen LogP contribution in [0.15, 0.2) is 15.7 Å². The highest BCUT2D eigenvalue weighted by Crippen LogP contribution is 2.23. The second-order valence-electron chi connectivity index (χ2n) is 5.09. The summed E-state index contributed by atoms with van der Waals surface area (Å²) in [7, 11) is 1.55. The minimum absolute atomic E-state index is 0.481. The summed E-state index contributed by atoms with van der Waals surface area (Å²) < 4.78 is 30.7. The van der Waals surface area contributed by atoms with Crippen LogP contribution in [0.4, 0.5) is 14.7 Å². The zero-order chi connectivity index (χ0) is 17.5. The zero-order valence-electron chi connectivity index (χ0n) is 13.7. The number of anilines is 1. The van der Waals surface area contributed by atoms with Gasteiger partial charge in [0.2, 0.25) is 11.8 Å². The number of piperazine rings is 1. The number of hydrogen-bond donors (Lipinski definition) is 1. The van der Waals surface area contributed by atoms with Crippen molar-refractivity contribution in [2.24, 2.45) is 4.99 Å². The average molecular weight is 407 g/mol. The smallest absolute Gasteiger partial charge is 0.257 e. The summed E-state index contributed by atoms with van der Waals surface area (Å²) >= 11 is 3.33. The van der Waals surface area contributed by atoms with Crippen LogP contribution < -0.4 is 15.0 Å². The number of alkyl halides is 2. The number of ether oxygens (including phenoxy) is 1. The molecule has 0 spiro atoms. The van der Waals surface area contributed by atoms with Gasteiger partial charge in [-0.2, -0.15) is 4.98 Å². The van der Waals surface area contributed by atoms with Gasteiger partial charge in [0.05, 0.1) is 17.8 Å². The van der Waals surface area contributed by atoms with Gasteiger partial charge in [0.25, 0.3) is 6.43 Å². The molecule has 0 aromatic carbocycles. The Kier molecular flexibility index (Phi) is 6.95. The average Bonchev–Trinajstić information content (AvgIpc) is 2.59. The molecule has 1 aliphatic rings. The molecule has 0 atom stereocenters. The van der Waals surface area contributed by atoms with E-state index in [1.807, 2.05) is 16.7 Å². The normalized spacial score (nSPS) is 15.8. The van der Waals surface area contributed by atoms with E-state index < -0.39 is 13.0 Å². The lowest BCUT2D eigenvalue weighted by molar-refractivity contribution is 0.158. The maximum atomic E-state index is 12.4. The van der Waals surface area contributed by atoms with Crippen LogP contribution in [0.2, 0.25) is 0 Å². The van der Waals surface area contributed by atoms with Crippen LogP contribution in [0.3, 0.4) is 0 Å². The van der Waals surface area contributed by atoms with E-state index >= 15 is 0 Å². The SMILES string of the molecule is CCNC(=NCC(F)F)N1CCN(c2ncc(Br)c(OC)n2)CC1. The summed E-state index contributed by atoms with van der Waals surface area (Å²) in [4.78, 5) is 16.6. The quantitative estimate of drug-likeness (QED) is 0.591. The topological polar surface area (TPSA) is 65.9 Å². The van der Waals surface area contributed by atoms with E-state index in [0.717, 1.165) is 0 Å². The molecule has 1 fully saturated rings. The van der Waals surface area contributed by atoms with Gasteiger partial charge in [0, 0.05) is 32.7 Å². The second kappa shape index (κ2) is 8.95. The predicted octanol–water partition coefficient (Wildman–Crippen LogP) is 1.60. The van der Waals surface area contributed by atoms with Gasteiger partial charge in [-0.3, -0.25) is 0 Å². The highest BCUT2D eigenvalue weighted by molar-refractivity contribution is 9.10. The van der Waals surface area contributed by atoms with Gasteiger partial charge in [0.15, 0.2) is 5.96 Å². The minimum Gasteiger partial charge on any atom is -0.480 e. The van der Waals surface area contributed by atoms with E-state index in [-0.39, 0.29) is 0 Å². The van der Waals surface area contributed by atoms with Crippen LogP contribution in [0, 0.1) is 0 Å². The fourth-order valence-corrected chi connectivity index (χ4v) is 2.69. The van der Waals surface area contributed by atoms with Crippen molar-refractivity contribution >= 4 is 27.8 Å². The first-order valence-corrected chi connectivity index (χ1v) is 8.47. The van der Waals surface area contributed by atoms with Gasteiger partial charge in [-0.25, -0.2) is 18.8 Å². The lowest BCUT2D eigenvalue weighted by Gasteiger charge is -2.36. The third kappa shape index (κ3) is 4.89. The van der Waals surface area contributed by atoms with Crippen LogP contribution in [-0.2, 0) is 0 Å². The largest absolute Gasteiger partial charge is 0.480 e. The molecule has 0 aliphatic carbocycles. The summed E-state index contributed by atoms with van der Waals surface area (Å²) in [5.41, 5.74) is 0. The summed E-state index contributed by atoms with van der Waals surface area (Å²) in [5, 5.41) is 3.05. The van der Waals surface area contributed by atoms with Gasteiger partial charge in [-0.15, -0.1) is 0 Å². The molecular formula is C14H21BrF2N6O. The molecule has 134 valence electrons. The Morgan fingerprint density at radius 2 is 2.12 bits per heavy atom. The van der Waals surface area contributed by atoms with E-state index in [1.165, 1.54) is 0 Å². The van der Waals surface area contributed by atoms with Crippen LogP contribution in [0.5, 0.6) is 5.88 Å². The number of aliphatic imine (C=N–C) groups is 1. The molecule has 2 rings (SSSR count). The molecule has 0 radical (unpaired) electrons. The van der Waals surface area contributed by atoms with E-state index in [4.69, 9.17) is 4.74 Å². The first-order chi connectivity index (χ1) is 11.5. The number of nitrogens with zero attached hydrogens (tertiary/aromatic N) is 5. The monoisotopic (exact) mass is 406 g/mol. The van der Waals surface area contributed by atoms with Crippen molar-refractivity contribution in [2.75, 3.05) is 51.3 Å². The van der Waals surface area contributed by atoms with Gasteiger partial charge in [-0.05, 0) is 22.9 Å². The van der Waals surface area contributed by atoms with Gasteiger partial charge < -0.3 is 19.9 Å². The third-order valence-electron chi connectivity index (χ3n) is 3.47. The number of guanidine groups is 1. The second-order valence-corrected chi connectivity index (χ2v) is 5.94. The molecule has 10 heteroatoms. The Labute approximate surface area is 148 Å². The number of rotatable bonds is 5. The Hall–Kier alpha value is -1.71. The molecule has 7 nitrogen and oxygen atoms in total. The number of halogens is 3. The molecule has 1 aromatic heterocycles. The highest BCUT2D eigenvalue weighted by Gasteiger charge is 2.22. The molecule has 1 aromatic rings. The molecular weight excluding hydrogens is 386 g/mol. The molecule has 0 bridgehead atoms. The molecule has 1 saturated heterocycles. The molecule has 1 aliphatic heterocycles. The van der Waals surface area contributed by atoms with Crippen LogP contribution >= 0.6 is 15.9 Å². The van der Waals surface area contributed by atoms with Gasteiger partial charge in [-0.1, -0.05) is 0 Å². The summed E-state index contributed by atoms with van der Waals surface area (Å²) in [6.07, 6.45) is -0.787. The molecule has 24 heavy (non-hydrogen) atoms. The Bertz CT molecular complexity index is 566. The van der Waals surface area contributed by atoms with Crippen molar-refractivity contribution in [1.29, 1.82) is 0 Å². The zero-order valence-corrected chi connectivity index (χ0v) is 15.3. The number of hydrogen-bond acceptors (Lipinski definition) is 5. The molecule has 0 unspecified atom stereocenters. The molecule has 0 amide bonds. The molecule has 2 heterocycles. The lowest BCUT2D eigenvalue weighted by atomic mass is 10.3. The minimum atomic E-state index is -2.44. The highest BCUT2D eigenvalue weighted by atomic mass is 79.9. The van der Waals surface area contributed by atoms with Crippen molar-refractivity contribution < 1.29 is 13.5 Å². The van der Waals surface area contributed by atoms with E-state index in [2.05, 4.69) is 36.2 Å².